The minimum absolute atomic E-state index is 0.121. The summed E-state index contributed by atoms with van der Waals surface area (Å²) in [7, 11) is 0. The third-order valence-corrected chi connectivity index (χ3v) is 5.51. The molecule has 0 radical (unpaired) electrons. The van der Waals surface area contributed by atoms with E-state index in [0.29, 0.717) is 40.0 Å². The van der Waals surface area contributed by atoms with Crippen LogP contribution in [0.15, 0.2) is 61.2 Å². The SMILES string of the molecule is CCN(CCc1c[nH]c2ccccc12)C(=O)c1cncnc1-c1cc(Cl)cc(Cl)c1. The molecule has 30 heavy (non-hydrogen) atoms. The molecule has 152 valence electrons. The number of aromatic nitrogens is 3. The fourth-order valence-corrected chi connectivity index (χ4v) is 4.10. The fraction of sp³-hybridized carbons (Fsp3) is 0.174. The molecule has 2 heterocycles. The Kier molecular flexibility index (Phi) is 6.02. The van der Waals surface area contributed by atoms with Crippen LogP contribution in [0.3, 0.4) is 0 Å². The van der Waals surface area contributed by atoms with Gasteiger partial charge in [-0.15, -0.1) is 0 Å². The Morgan fingerprint density at radius 3 is 2.67 bits per heavy atom. The van der Waals surface area contributed by atoms with Crippen LogP contribution in [-0.2, 0) is 6.42 Å². The summed E-state index contributed by atoms with van der Waals surface area (Å²) in [6, 6.07) is 13.3. The molecule has 0 saturated carbocycles. The van der Waals surface area contributed by atoms with Crippen LogP contribution < -0.4 is 0 Å². The van der Waals surface area contributed by atoms with E-state index in [1.807, 2.05) is 31.3 Å². The molecule has 5 nitrogen and oxygen atoms in total. The first kappa shape index (κ1) is 20.4. The highest BCUT2D eigenvalue weighted by atomic mass is 35.5. The van der Waals surface area contributed by atoms with Crippen LogP contribution in [-0.4, -0.2) is 38.8 Å². The summed E-state index contributed by atoms with van der Waals surface area (Å²) >= 11 is 12.3. The number of nitrogens with zero attached hydrogens (tertiary/aromatic N) is 3. The summed E-state index contributed by atoms with van der Waals surface area (Å²) in [4.78, 5) is 26.8. The number of aromatic amines is 1. The molecule has 0 fully saturated rings. The maximum Gasteiger partial charge on any atom is 0.257 e. The third-order valence-electron chi connectivity index (χ3n) is 5.07. The average molecular weight is 439 g/mol. The van der Waals surface area contributed by atoms with E-state index in [-0.39, 0.29) is 5.91 Å². The second kappa shape index (κ2) is 8.86. The predicted octanol–water partition coefficient (Wildman–Crippen LogP) is 5.64. The van der Waals surface area contributed by atoms with Crippen LogP contribution in [0, 0.1) is 0 Å². The molecule has 0 aliphatic carbocycles. The van der Waals surface area contributed by atoms with Crippen molar-refractivity contribution in [3.05, 3.63) is 82.4 Å². The van der Waals surface area contributed by atoms with Gasteiger partial charge in [0.1, 0.15) is 6.33 Å². The van der Waals surface area contributed by atoms with Crippen molar-refractivity contribution in [3.8, 4) is 11.3 Å². The molecule has 2 aromatic carbocycles. The zero-order valence-corrected chi connectivity index (χ0v) is 17.9. The number of halogens is 2. The number of amides is 1. The summed E-state index contributed by atoms with van der Waals surface area (Å²) in [6.45, 7) is 3.13. The number of para-hydroxylation sites is 1. The van der Waals surface area contributed by atoms with Crippen LogP contribution >= 0.6 is 23.2 Å². The monoisotopic (exact) mass is 438 g/mol. The largest absolute Gasteiger partial charge is 0.361 e. The lowest BCUT2D eigenvalue weighted by Crippen LogP contribution is -2.33. The van der Waals surface area contributed by atoms with Crippen molar-refractivity contribution < 1.29 is 4.79 Å². The molecule has 0 aliphatic heterocycles. The number of benzene rings is 2. The summed E-state index contributed by atoms with van der Waals surface area (Å²) in [6.07, 6.45) is 5.72. The normalized spacial score (nSPS) is 11.0. The molecule has 0 atom stereocenters. The van der Waals surface area contributed by atoms with Crippen LogP contribution in [0.5, 0.6) is 0 Å². The molecule has 0 bridgehead atoms. The van der Waals surface area contributed by atoms with Gasteiger partial charge in [-0.1, -0.05) is 41.4 Å². The van der Waals surface area contributed by atoms with Crippen molar-refractivity contribution in [2.75, 3.05) is 13.1 Å². The van der Waals surface area contributed by atoms with Gasteiger partial charge in [0.15, 0.2) is 0 Å². The van der Waals surface area contributed by atoms with Crippen molar-refractivity contribution >= 4 is 40.0 Å². The van der Waals surface area contributed by atoms with Gasteiger partial charge in [0.25, 0.3) is 5.91 Å². The van der Waals surface area contributed by atoms with Crippen molar-refractivity contribution in [3.63, 3.8) is 0 Å². The molecule has 0 aliphatic rings. The van der Waals surface area contributed by atoms with Gasteiger partial charge in [-0.2, -0.15) is 0 Å². The number of hydrogen-bond donors (Lipinski definition) is 1. The smallest absolute Gasteiger partial charge is 0.257 e. The number of fused-ring (bicyclic) bond motifs is 1. The lowest BCUT2D eigenvalue weighted by molar-refractivity contribution is 0.0766. The van der Waals surface area contributed by atoms with Gasteiger partial charge < -0.3 is 9.88 Å². The number of nitrogens with one attached hydrogen (secondary N) is 1. The van der Waals surface area contributed by atoms with Crippen LogP contribution in [0.4, 0.5) is 0 Å². The van der Waals surface area contributed by atoms with Crippen molar-refractivity contribution in [1.82, 2.24) is 19.9 Å². The van der Waals surface area contributed by atoms with Gasteiger partial charge in [0.2, 0.25) is 0 Å². The lowest BCUT2D eigenvalue weighted by atomic mass is 10.1. The first-order valence-electron chi connectivity index (χ1n) is 9.67. The van der Waals surface area contributed by atoms with Gasteiger partial charge in [-0.3, -0.25) is 4.79 Å². The fourth-order valence-electron chi connectivity index (χ4n) is 3.57. The number of H-pyrrole nitrogens is 1. The highest BCUT2D eigenvalue weighted by molar-refractivity contribution is 6.35. The molecule has 7 heteroatoms. The zero-order chi connectivity index (χ0) is 21.1. The van der Waals surface area contributed by atoms with Gasteiger partial charge in [-0.25, -0.2) is 9.97 Å². The topological polar surface area (TPSA) is 61.9 Å². The number of carbonyl (C=O) groups is 1. The van der Waals surface area contributed by atoms with E-state index in [2.05, 4.69) is 21.0 Å². The molecular formula is C23H20Cl2N4O. The van der Waals surface area contributed by atoms with Gasteiger partial charge in [-0.05, 0) is 43.2 Å². The van der Waals surface area contributed by atoms with E-state index in [4.69, 9.17) is 23.2 Å². The molecule has 1 N–H and O–H groups in total. The van der Waals surface area contributed by atoms with E-state index < -0.39 is 0 Å². The standard InChI is InChI=1S/C23H20Cl2N4O/c1-2-29(8-7-15-12-27-21-6-4-3-5-19(15)21)23(30)20-13-26-14-28-22(20)16-9-17(24)11-18(25)10-16/h3-6,9-14,27H,2,7-8H2,1H3. The van der Waals surface area contributed by atoms with Gasteiger partial charge in [0, 0.05) is 52.0 Å². The average Bonchev–Trinajstić information content (AvgIpc) is 3.16. The molecule has 2 aromatic heterocycles. The van der Waals surface area contributed by atoms with Crippen LogP contribution in [0.2, 0.25) is 10.0 Å². The number of hydrogen-bond acceptors (Lipinski definition) is 3. The Morgan fingerprint density at radius 1 is 1.13 bits per heavy atom. The summed E-state index contributed by atoms with van der Waals surface area (Å²) in [5.74, 6) is -0.121. The second-order valence-corrected chi connectivity index (χ2v) is 7.81. The van der Waals surface area contributed by atoms with E-state index >= 15 is 0 Å². The highest BCUT2D eigenvalue weighted by Gasteiger charge is 2.20. The van der Waals surface area contributed by atoms with Crippen LogP contribution in [0.1, 0.15) is 22.8 Å². The van der Waals surface area contributed by atoms with Gasteiger partial charge >= 0.3 is 0 Å². The minimum Gasteiger partial charge on any atom is -0.361 e. The molecule has 0 unspecified atom stereocenters. The van der Waals surface area contributed by atoms with E-state index in [9.17, 15) is 4.79 Å². The maximum absolute atomic E-state index is 13.3. The molecule has 4 aromatic rings. The Labute approximate surface area is 184 Å². The summed E-state index contributed by atoms with van der Waals surface area (Å²) in [5, 5.41) is 2.15. The quantitative estimate of drug-likeness (QED) is 0.423. The molecule has 1 amide bonds. The second-order valence-electron chi connectivity index (χ2n) is 6.94. The summed E-state index contributed by atoms with van der Waals surface area (Å²) < 4.78 is 0. The third kappa shape index (κ3) is 4.18. The number of rotatable bonds is 6. The first-order chi connectivity index (χ1) is 14.6. The van der Waals surface area contributed by atoms with Crippen molar-refractivity contribution in [1.29, 1.82) is 0 Å². The Morgan fingerprint density at radius 2 is 1.90 bits per heavy atom. The molecular weight excluding hydrogens is 419 g/mol. The first-order valence-corrected chi connectivity index (χ1v) is 10.4. The molecule has 4 rings (SSSR count). The zero-order valence-electron chi connectivity index (χ0n) is 16.4. The summed E-state index contributed by atoms with van der Waals surface area (Å²) in [5.41, 5.74) is 3.91. The predicted molar refractivity (Wildman–Crippen MR) is 121 cm³/mol. The van der Waals surface area contributed by atoms with Crippen molar-refractivity contribution in [2.45, 2.75) is 13.3 Å². The Balaban J connectivity index is 1.60. The van der Waals surface area contributed by atoms with Gasteiger partial charge in [0.05, 0.1) is 11.3 Å². The highest BCUT2D eigenvalue weighted by Crippen LogP contribution is 2.28. The molecule has 0 saturated heterocycles. The Bertz CT molecular complexity index is 1180. The number of carbonyl (C=O) groups excluding carboxylic acids is 1. The molecule has 0 spiro atoms. The van der Waals surface area contributed by atoms with Crippen LogP contribution in [0.25, 0.3) is 22.2 Å². The Hall–Kier alpha value is -2.89. The van der Waals surface area contributed by atoms with E-state index in [1.54, 1.807) is 29.3 Å². The lowest BCUT2D eigenvalue weighted by Gasteiger charge is -2.22. The van der Waals surface area contributed by atoms with Crippen molar-refractivity contribution in [2.24, 2.45) is 0 Å². The minimum atomic E-state index is -0.121. The van der Waals surface area contributed by atoms with E-state index in [1.165, 1.54) is 17.3 Å². The van der Waals surface area contributed by atoms with E-state index in [0.717, 1.165) is 11.9 Å². The number of likely N-dealkylation sites (N-methyl/N-ethyl adjacent to an activating group) is 1. The maximum atomic E-state index is 13.3.